The molecule has 1 aromatic heterocycles. The van der Waals surface area contributed by atoms with Gasteiger partial charge in [0.15, 0.2) is 0 Å². The summed E-state index contributed by atoms with van der Waals surface area (Å²) >= 11 is 0. The molecule has 0 aliphatic heterocycles. The molecule has 110 valence electrons. The quantitative estimate of drug-likeness (QED) is 0.780. The molecule has 3 rings (SSSR count). The molecule has 0 radical (unpaired) electrons. The van der Waals surface area contributed by atoms with Gasteiger partial charge in [0.05, 0.1) is 0 Å². The van der Waals surface area contributed by atoms with Crippen LogP contribution < -0.4 is 5.32 Å². The van der Waals surface area contributed by atoms with E-state index >= 15 is 0 Å². The summed E-state index contributed by atoms with van der Waals surface area (Å²) in [6.07, 6.45) is 1.95. The van der Waals surface area contributed by atoms with E-state index in [0.29, 0.717) is 12.1 Å². The summed E-state index contributed by atoms with van der Waals surface area (Å²) in [5.74, 6) is 0.727. The van der Waals surface area contributed by atoms with E-state index in [2.05, 4.69) is 5.32 Å². The molecule has 0 unspecified atom stereocenters. The second-order valence-corrected chi connectivity index (χ2v) is 5.23. The number of carbonyl (C=O) groups is 1. The minimum Gasteiger partial charge on any atom is -0.457 e. The third-order valence-electron chi connectivity index (χ3n) is 3.40. The van der Waals surface area contributed by atoms with Gasteiger partial charge in [0.25, 0.3) is 5.91 Å². The van der Waals surface area contributed by atoms with E-state index < -0.39 is 0 Å². The largest absolute Gasteiger partial charge is 0.457 e. The van der Waals surface area contributed by atoms with Crippen molar-refractivity contribution in [2.24, 2.45) is 0 Å². The topological polar surface area (TPSA) is 42.2 Å². The number of amides is 1. The molecule has 1 amide bonds. The average Bonchev–Trinajstić information content (AvgIpc) is 2.95. The van der Waals surface area contributed by atoms with E-state index in [9.17, 15) is 4.79 Å². The van der Waals surface area contributed by atoms with E-state index in [1.165, 1.54) is 0 Å². The van der Waals surface area contributed by atoms with Crippen LogP contribution in [0.2, 0.25) is 0 Å². The molecule has 1 heterocycles. The Labute approximate surface area is 129 Å². The Kier molecular flexibility index (Phi) is 4.05. The number of nitrogens with one attached hydrogen (secondary N) is 1. The number of para-hydroxylation sites is 1. The van der Waals surface area contributed by atoms with E-state index in [-0.39, 0.29) is 5.91 Å². The van der Waals surface area contributed by atoms with Crippen molar-refractivity contribution in [3.8, 4) is 0 Å². The molecule has 3 aromatic rings. The molecule has 2 aromatic carbocycles. The minimum absolute atomic E-state index is 0.0713. The van der Waals surface area contributed by atoms with Gasteiger partial charge in [0.2, 0.25) is 0 Å². The molecule has 0 spiro atoms. The van der Waals surface area contributed by atoms with Gasteiger partial charge in [-0.1, -0.05) is 42.0 Å². The van der Waals surface area contributed by atoms with Crippen LogP contribution in [0.25, 0.3) is 17.0 Å². The van der Waals surface area contributed by atoms with Gasteiger partial charge in [-0.3, -0.25) is 4.79 Å². The first-order valence-electron chi connectivity index (χ1n) is 7.21. The Hall–Kier alpha value is -2.81. The molecule has 0 bridgehead atoms. The van der Waals surface area contributed by atoms with Crippen molar-refractivity contribution in [1.29, 1.82) is 0 Å². The van der Waals surface area contributed by atoms with Gasteiger partial charge in [0, 0.05) is 17.5 Å². The molecular formula is C19H17NO2. The van der Waals surface area contributed by atoms with Crippen molar-refractivity contribution >= 4 is 23.0 Å². The van der Waals surface area contributed by atoms with E-state index in [0.717, 1.165) is 22.3 Å². The number of carbonyl (C=O) groups excluding carboxylic acids is 1. The smallest absolute Gasteiger partial charge is 0.251 e. The van der Waals surface area contributed by atoms with Crippen molar-refractivity contribution in [3.05, 3.63) is 77.6 Å². The fourth-order valence-corrected chi connectivity index (χ4v) is 2.28. The van der Waals surface area contributed by atoms with Gasteiger partial charge in [0.1, 0.15) is 11.3 Å². The second kappa shape index (κ2) is 6.31. The maximum absolute atomic E-state index is 12.0. The molecule has 0 saturated carbocycles. The zero-order chi connectivity index (χ0) is 15.4. The lowest BCUT2D eigenvalue weighted by Gasteiger charge is -2.05. The molecule has 1 N–H and O–H groups in total. The number of hydrogen-bond acceptors (Lipinski definition) is 2. The Balaban J connectivity index is 1.66. The van der Waals surface area contributed by atoms with Crippen LogP contribution in [-0.2, 0) is 0 Å². The maximum Gasteiger partial charge on any atom is 0.251 e. The fourth-order valence-electron chi connectivity index (χ4n) is 2.28. The summed E-state index contributed by atoms with van der Waals surface area (Å²) in [7, 11) is 0. The van der Waals surface area contributed by atoms with Gasteiger partial charge in [-0.2, -0.15) is 0 Å². The minimum atomic E-state index is -0.0713. The summed E-state index contributed by atoms with van der Waals surface area (Å²) < 4.78 is 5.74. The number of benzene rings is 2. The molecule has 0 atom stereocenters. The van der Waals surface area contributed by atoms with E-state index in [1.54, 1.807) is 12.1 Å². The molecule has 0 fully saturated rings. The summed E-state index contributed by atoms with van der Waals surface area (Å²) in [6.45, 7) is 2.46. The highest BCUT2D eigenvalue weighted by Crippen LogP contribution is 2.20. The van der Waals surface area contributed by atoms with Crippen LogP contribution in [0.4, 0.5) is 0 Å². The maximum atomic E-state index is 12.0. The molecule has 3 heteroatoms. The molecule has 22 heavy (non-hydrogen) atoms. The first-order chi connectivity index (χ1) is 10.7. The lowest BCUT2D eigenvalue weighted by atomic mass is 10.2. The summed E-state index contributed by atoms with van der Waals surface area (Å²) in [5, 5.41) is 3.98. The molecular weight excluding hydrogens is 274 g/mol. The van der Waals surface area contributed by atoms with Crippen LogP contribution in [0.5, 0.6) is 0 Å². The van der Waals surface area contributed by atoms with Crippen LogP contribution in [0.1, 0.15) is 23.0 Å². The first kappa shape index (κ1) is 14.1. The Bertz CT molecular complexity index is 783. The van der Waals surface area contributed by atoms with E-state index in [4.69, 9.17) is 4.42 Å². The predicted molar refractivity (Wildman–Crippen MR) is 88.6 cm³/mol. The Morgan fingerprint density at radius 2 is 1.82 bits per heavy atom. The van der Waals surface area contributed by atoms with Crippen LogP contribution >= 0.6 is 0 Å². The molecule has 0 aliphatic rings. The van der Waals surface area contributed by atoms with Gasteiger partial charge in [-0.15, -0.1) is 0 Å². The molecule has 3 nitrogen and oxygen atoms in total. The zero-order valence-electron chi connectivity index (χ0n) is 12.4. The van der Waals surface area contributed by atoms with Crippen LogP contribution in [0, 0.1) is 0 Å². The summed E-state index contributed by atoms with van der Waals surface area (Å²) in [6, 6.07) is 19.1. The van der Waals surface area contributed by atoms with Crippen LogP contribution in [0.15, 0.2) is 70.7 Å². The number of rotatable bonds is 4. The third-order valence-corrected chi connectivity index (χ3v) is 3.40. The standard InChI is InChI=1S/C19H17NO2/c1-14(13-20-19(21)15-7-3-2-4-8-15)11-17-12-16-9-5-6-10-18(16)22-17/h2-12H,13H2,1H3,(H,20,21)/b14-11+. The highest BCUT2D eigenvalue weighted by atomic mass is 16.3. The Morgan fingerprint density at radius 1 is 1.09 bits per heavy atom. The summed E-state index contributed by atoms with van der Waals surface area (Å²) in [5.41, 5.74) is 2.57. The number of hydrogen-bond donors (Lipinski definition) is 1. The van der Waals surface area contributed by atoms with Crippen LogP contribution in [0.3, 0.4) is 0 Å². The van der Waals surface area contributed by atoms with Crippen molar-refractivity contribution in [3.63, 3.8) is 0 Å². The van der Waals surface area contributed by atoms with Crippen LogP contribution in [-0.4, -0.2) is 12.5 Å². The fraction of sp³-hybridized carbons (Fsp3) is 0.105. The monoisotopic (exact) mass is 291 g/mol. The summed E-state index contributed by atoms with van der Waals surface area (Å²) in [4.78, 5) is 12.0. The zero-order valence-corrected chi connectivity index (χ0v) is 12.4. The van der Waals surface area contributed by atoms with Crippen molar-refractivity contribution in [1.82, 2.24) is 5.32 Å². The molecule has 0 aliphatic carbocycles. The number of fused-ring (bicyclic) bond motifs is 1. The van der Waals surface area contributed by atoms with Gasteiger partial charge in [-0.25, -0.2) is 0 Å². The normalized spacial score (nSPS) is 11.6. The van der Waals surface area contributed by atoms with Gasteiger partial charge in [-0.05, 0) is 37.3 Å². The highest BCUT2D eigenvalue weighted by Gasteiger charge is 2.05. The lowest BCUT2D eigenvalue weighted by Crippen LogP contribution is -2.24. The van der Waals surface area contributed by atoms with Crippen molar-refractivity contribution in [2.45, 2.75) is 6.92 Å². The SMILES string of the molecule is C/C(=C\c1cc2ccccc2o1)CNC(=O)c1ccccc1. The van der Waals surface area contributed by atoms with Crippen molar-refractivity contribution in [2.75, 3.05) is 6.54 Å². The van der Waals surface area contributed by atoms with E-state index in [1.807, 2.05) is 61.5 Å². The number of furan rings is 1. The molecule has 0 saturated heterocycles. The average molecular weight is 291 g/mol. The van der Waals surface area contributed by atoms with Gasteiger partial charge < -0.3 is 9.73 Å². The van der Waals surface area contributed by atoms with Crippen molar-refractivity contribution < 1.29 is 9.21 Å². The lowest BCUT2D eigenvalue weighted by molar-refractivity contribution is 0.0957. The second-order valence-electron chi connectivity index (χ2n) is 5.23. The van der Waals surface area contributed by atoms with Gasteiger partial charge >= 0.3 is 0 Å². The first-order valence-corrected chi connectivity index (χ1v) is 7.21. The third kappa shape index (κ3) is 3.26. The predicted octanol–water partition coefficient (Wildman–Crippen LogP) is 4.27. The highest BCUT2D eigenvalue weighted by molar-refractivity contribution is 5.94. The Morgan fingerprint density at radius 3 is 2.59 bits per heavy atom.